The Kier molecular flexibility index (Phi) is 2.98. The molecule has 3 atom stereocenters. The molecule has 2 fully saturated rings. The van der Waals surface area contributed by atoms with E-state index >= 15 is 0 Å². The fourth-order valence-electron chi connectivity index (χ4n) is 2.98. The molecular weight excluding hydrogens is 196 g/mol. The van der Waals surface area contributed by atoms with Crippen molar-refractivity contribution in [3.63, 3.8) is 0 Å². The minimum Gasteiger partial charge on any atom is -0.469 e. The van der Waals surface area contributed by atoms with Gasteiger partial charge in [-0.1, -0.05) is 6.42 Å². The highest BCUT2D eigenvalue weighted by Crippen LogP contribution is 2.50. The molecule has 2 rings (SSSR count). The van der Waals surface area contributed by atoms with E-state index in [9.17, 15) is 9.90 Å². The van der Waals surface area contributed by atoms with Crippen LogP contribution in [-0.4, -0.2) is 37.0 Å². The molecule has 4 heteroatoms. The summed E-state index contributed by atoms with van der Waals surface area (Å²) in [6.45, 7) is 0.711. The summed E-state index contributed by atoms with van der Waals surface area (Å²) in [5.74, 6) is -0.338. The lowest BCUT2D eigenvalue weighted by molar-refractivity contribution is -0.145. The highest BCUT2D eigenvalue weighted by atomic mass is 16.5. The van der Waals surface area contributed by atoms with Gasteiger partial charge in [0.1, 0.15) is 0 Å². The number of carbonyl (C=O) groups excluding carboxylic acids is 1. The lowest BCUT2D eigenvalue weighted by Gasteiger charge is -2.32. The molecule has 0 aromatic carbocycles. The fourth-order valence-corrected chi connectivity index (χ4v) is 2.98. The van der Waals surface area contributed by atoms with Crippen LogP contribution in [0.3, 0.4) is 0 Å². The molecule has 1 saturated heterocycles. The average Bonchev–Trinajstić information content (AvgIpc) is 2.75. The monoisotopic (exact) mass is 214 g/mol. The zero-order chi connectivity index (χ0) is 10.9. The van der Waals surface area contributed by atoms with E-state index in [1.54, 1.807) is 0 Å². The first-order chi connectivity index (χ1) is 7.19. The second kappa shape index (κ2) is 4.10. The van der Waals surface area contributed by atoms with Crippen LogP contribution in [0.4, 0.5) is 0 Å². The van der Waals surface area contributed by atoms with Crippen molar-refractivity contribution >= 4 is 5.97 Å². The van der Waals surface area contributed by atoms with Crippen molar-refractivity contribution in [2.24, 2.45) is 5.41 Å². The van der Waals surface area contributed by atoms with E-state index in [1.165, 1.54) is 7.11 Å². The molecule has 0 aromatic heterocycles. The van der Waals surface area contributed by atoms with E-state index in [0.717, 1.165) is 25.7 Å². The molecular formula is C11H18O4. The van der Waals surface area contributed by atoms with Crippen molar-refractivity contribution < 1.29 is 19.4 Å². The van der Waals surface area contributed by atoms with Gasteiger partial charge in [-0.25, -0.2) is 0 Å². The van der Waals surface area contributed by atoms with E-state index in [2.05, 4.69) is 4.74 Å². The van der Waals surface area contributed by atoms with Crippen LogP contribution in [0.25, 0.3) is 0 Å². The van der Waals surface area contributed by atoms with Gasteiger partial charge in [0, 0.05) is 12.0 Å². The van der Waals surface area contributed by atoms with Crippen molar-refractivity contribution in [1.29, 1.82) is 0 Å². The SMILES string of the molecule is COC(=O)C[C@H](O)C12CCC[C@H]1OCC2. The standard InChI is InChI=1S/C11H18O4/c1-14-10(13)7-8(12)11-4-2-3-9(11)15-6-5-11/h8-9,12H,2-7H2,1H3/t8-,9+,11?/m0/s1. The Morgan fingerprint density at radius 1 is 1.67 bits per heavy atom. The smallest absolute Gasteiger partial charge is 0.308 e. The van der Waals surface area contributed by atoms with Crippen molar-refractivity contribution in [3.05, 3.63) is 0 Å². The van der Waals surface area contributed by atoms with Crippen LogP contribution in [0, 0.1) is 5.41 Å². The maximum absolute atomic E-state index is 11.1. The Balaban J connectivity index is 2.04. The van der Waals surface area contributed by atoms with Crippen LogP contribution in [0.1, 0.15) is 32.1 Å². The molecule has 0 amide bonds. The minimum absolute atomic E-state index is 0.0936. The summed E-state index contributed by atoms with van der Waals surface area (Å²) in [4.78, 5) is 11.1. The normalized spacial score (nSPS) is 36.3. The van der Waals surface area contributed by atoms with E-state index < -0.39 is 6.10 Å². The number of hydrogen-bond acceptors (Lipinski definition) is 4. The molecule has 0 radical (unpaired) electrons. The Morgan fingerprint density at radius 2 is 2.47 bits per heavy atom. The number of fused-ring (bicyclic) bond motifs is 1. The van der Waals surface area contributed by atoms with E-state index in [-0.39, 0.29) is 23.9 Å². The Hall–Kier alpha value is -0.610. The fraction of sp³-hybridized carbons (Fsp3) is 0.909. The lowest BCUT2D eigenvalue weighted by atomic mass is 9.76. The number of esters is 1. The van der Waals surface area contributed by atoms with Crippen LogP contribution in [0.5, 0.6) is 0 Å². The van der Waals surface area contributed by atoms with Gasteiger partial charge in [-0.3, -0.25) is 4.79 Å². The van der Waals surface area contributed by atoms with Gasteiger partial charge in [0.05, 0.1) is 25.7 Å². The summed E-state index contributed by atoms with van der Waals surface area (Å²) in [7, 11) is 1.35. The number of methoxy groups -OCH3 is 1. The van der Waals surface area contributed by atoms with Crippen molar-refractivity contribution in [2.75, 3.05) is 13.7 Å². The molecule has 1 heterocycles. The maximum Gasteiger partial charge on any atom is 0.308 e. The van der Waals surface area contributed by atoms with Gasteiger partial charge in [-0.05, 0) is 19.3 Å². The van der Waals surface area contributed by atoms with Gasteiger partial charge >= 0.3 is 5.97 Å². The lowest BCUT2D eigenvalue weighted by Crippen LogP contribution is -2.39. The second-order valence-corrected chi connectivity index (χ2v) is 4.53. The van der Waals surface area contributed by atoms with Gasteiger partial charge in [0.2, 0.25) is 0 Å². The van der Waals surface area contributed by atoms with Crippen molar-refractivity contribution in [3.8, 4) is 0 Å². The van der Waals surface area contributed by atoms with E-state index in [0.29, 0.717) is 6.61 Å². The molecule has 0 spiro atoms. The molecule has 0 bridgehead atoms. The third-order valence-electron chi connectivity index (χ3n) is 3.89. The first-order valence-corrected chi connectivity index (χ1v) is 5.55. The summed E-state index contributed by atoms with van der Waals surface area (Å²) < 4.78 is 10.2. The third kappa shape index (κ3) is 1.76. The van der Waals surface area contributed by atoms with Crippen LogP contribution < -0.4 is 0 Å². The zero-order valence-corrected chi connectivity index (χ0v) is 9.07. The quantitative estimate of drug-likeness (QED) is 0.708. The first-order valence-electron chi connectivity index (χ1n) is 5.55. The number of carbonyl (C=O) groups is 1. The molecule has 4 nitrogen and oxygen atoms in total. The molecule has 0 aromatic rings. The Morgan fingerprint density at radius 3 is 3.20 bits per heavy atom. The second-order valence-electron chi connectivity index (χ2n) is 4.53. The van der Waals surface area contributed by atoms with Crippen molar-refractivity contribution in [1.82, 2.24) is 0 Å². The average molecular weight is 214 g/mol. The third-order valence-corrected chi connectivity index (χ3v) is 3.89. The van der Waals surface area contributed by atoms with Gasteiger partial charge in [0.15, 0.2) is 0 Å². The summed E-state index contributed by atoms with van der Waals surface area (Å²) in [6, 6.07) is 0. The molecule has 15 heavy (non-hydrogen) atoms. The van der Waals surface area contributed by atoms with Crippen LogP contribution in [-0.2, 0) is 14.3 Å². The largest absolute Gasteiger partial charge is 0.469 e. The summed E-state index contributed by atoms with van der Waals surface area (Å²) >= 11 is 0. The molecule has 1 saturated carbocycles. The molecule has 1 N–H and O–H groups in total. The Bertz CT molecular complexity index is 241. The molecule has 86 valence electrons. The highest BCUT2D eigenvalue weighted by molar-refractivity contribution is 5.69. The number of rotatable bonds is 3. The number of hydrogen-bond donors (Lipinski definition) is 1. The molecule has 1 aliphatic carbocycles. The zero-order valence-electron chi connectivity index (χ0n) is 9.07. The highest BCUT2D eigenvalue weighted by Gasteiger charge is 2.52. The summed E-state index contributed by atoms with van der Waals surface area (Å²) in [5, 5.41) is 10.1. The Labute approximate surface area is 89.6 Å². The van der Waals surface area contributed by atoms with E-state index in [4.69, 9.17) is 4.74 Å². The predicted molar refractivity (Wildman–Crippen MR) is 53.3 cm³/mol. The van der Waals surface area contributed by atoms with Crippen LogP contribution >= 0.6 is 0 Å². The van der Waals surface area contributed by atoms with Crippen LogP contribution in [0.15, 0.2) is 0 Å². The van der Waals surface area contributed by atoms with Gasteiger partial charge in [-0.15, -0.1) is 0 Å². The van der Waals surface area contributed by atoms with Gasteiger partial charge < -0.3 is 14.6 Å². The summed E-state index contributed by atoms with van der Waals surface area (Å²) in [6.07, 6.45) is 3.57. The first kappa shape index (κ1) is 10.9. The topological polar surface area (TPSA) is 55.8 Å². The maximum atomic E-state index is 11.1. The number of aliphatic hydroxyl groups is 1. The number of ether oxygens (including phenoxy) is 2. The van der Waals surface area contributed by atoms with Crippen LogP contribution in [0.2, 0.25) is 0 Å². The molecule has 2 aliphatic rings. The molecule has 1 aliphatic heterocycles. The van der Waals surface area contributed by atoms with Gasteiger partial charge in [-0.2, -0.15) is 0 Å². The van der Waals surface area contributed by atoms with E-state index in [1.807, 2.05) is 0 Å². The van der Waals surface area contributed by atoms with Gasteiger partial charge in [0.25, 0.3) is 0 Å². The molecule has 1 unspecified atom stereocenters. The van der Waals surface area contributed by atoms with Crippen molar-refractivity contribution in [2.45, 2.75) is 44.3 Å². The summed E-state index contributed by atoms with van der Waals surface area (Å²) in [5.41, 5.74) is -0.172. The predicted octanol–water partition coefficient (Wildman–Crippen LogP) is 0.870. The number of aliphatic hydroxyl groups excluding tert-OH is 1. The minimum atomic E-state index is -0.611.